The number of hydrogen-bond donors (Lipinski definition) is 1. The van der Waals surface area contributed by atoms with Crippen molar-refractivity contribution >= 4 is 0 Å². The lowest BCUT2D eigenvalue weighted by atomic mass is 9.73. The maximum absolute atomic E-state index is 3.69. The van der Waals surface area contributed by atoms with Gasteiger partial charge >= 0.3 is 0 Å². The zero-order valence-corrected chi connectivity index (χ0v) is 8.34. The first-order valence-electron chi connectivity index (χ1n) is 5.52. The highest BCUT2D eigenvalue weighted by molar-refractivity contribution is 4.93. The van der Waals surface area contributed by atoms with Crippen LogP contribution < -0.4 is 5.32 Å². The lowest BCUT2D eigenvalue weighted by Crippen LogP contribution is -2.40. The Morgan fingerprint density at radius 2 is 2.00 bits per heavy atom. The summed E-state index contributed by atoms with van der Waals surface area (Å²) in [6.45, 7) is 6.04. The van der Waals surface area contributed by atoms with Crippen LogP contribution in [0.1, 0.15) is 39.5 Å². The minimum atomic E-state index is 0.874. The Balaban J connectivity index is 2.03. The minimum Gasteiger partial charge on any atom is -0.313 e. The van der Waals surface area contributed by atoms with Crippen LogP contribution in [0.2, 0.25) is 0 Å². The second kappa shape index (κ2) is 3.37. The lowest BCUT2D eigenvalue weighted by molar-refractivity contribution is 0.181. The summed E-state index contributed by atoms with van der Waals surface area (Å²) < 4.78 is 0. The van der Waals surface area contributed by atoms with Gasteiger partial charge in [-0.3, -0.25) is 0 Å². The van der Waals surface area contributed by atoms with Gasteiger partial charge in [0.2, 0.25) is 0 Å². The summed E-state index contributed by atoms with van der Waals surface area (Å²) in [4.78, 5) is 0. The molecule has 0 amide bonds. The van der Waals surface area contributed by atoms with E-state index in [0.29, 0.717) is 0 Å². The van der Waals surface area contributed by atoms with E-state index in [1.54, 1.807) is 0 Å². The third-order valence-corrected chi connectivity index (χ3v) is 3.83. The van der Waals surface area contributed by atoms with Crippen molar-refractivity contribution in [2.45, 2.75) is 45.6 Å². The molecular formula is C11H21N. The molecule has 12 heavy (non-hydrogen) atoms. The third-order valence-electron chi connectivity index (χ3n) is 3.83. The minimum absolute atomic E-state index is 0.874. The van der Waals surface area contributed by atoms with Crippen LogP contribution in [0.3, 0.4) is 0 Å². The van der Waals surface area contributed by atoms with Gasteiger partial charge in [0.25, 0.3) is 0 Å². The molecule has 2 aliphatic rings. The molecule has 1 nitrogen and oxygen atoms in total. The first-order chi connectivity index (χ1) is 5.79. The quantitative estimate of drug-likeness (QED) is 0.632. The monoisotopic (exact) mass is 167 g/mol. The zero-order chi connectivity index (χ0) is 8.55. The molecule has 0 bridgehead atoms. The van der Waals surface area contributed by atoms with Gasteiger partial charge in [-0.1, -0.05) is 20.3 Å². The molecular weight excluding hydrogens is 146 g/mol. The van der Waals surface area contributed by atoms with Crippen molar-refractivity contribution in [1.82, 2.24) is 5.32 Å². The van der Waals surface area contributed by atoms with Crippen LogP contribution in [0, 0.1) is 17.8 Å². The Kier molecular flexibility index (Phi) is 2.40. The maximum atomic E-state index is 3.69. The molecule has 1 N–H and O–H groups in total. The van der Waals surface area contributed by atoms with Gasteiger partial charge in [-0.2, -0.15) is 0 Å². The van der Waals surface area contributed by atoms with Crippen molar-refractivity contribution in [1.29, 1.82) is 0 Å². The van der Waals surface area contributed by atoms with E-state index in [4.69, 9.17) is 0 Å². The summed E-state index contributed by atoms with van der Waals surface area (Å²) >= 11 is 0. The predicted molar refractivity (Wildman–Crippen MR) is 52.1 cm³/mol. The molecule has 0 spiro atoms. The molecule has 3 unspecified atom stereocenters. The molecule has 3 atom stereocenters. The van der Waals surface area contributed by atoms with E-state index >= 15 is 0 Å². The normalized spacial score (nSPS) is 41.8. The lowest BCUT2D eigenvalue weighted by Gasteiger charge is -2.36. The van der Waals surface area contributed by atoms with Gasteiger partial charge in [-0.05, 0) is 43.6 Å². The Morgan fingerprint density at radius 3 is 2.75 bits per heavy atom. The number of hydrogen-bond acceptors (Lipinski definition) is 1. The SMILES string of the molecule is CC(C)C1CCCC2CCNC21. The number of nitrogens with one attached hydrogen (secondary N) is 1. The highest BCUT2D eigenvalue weighted by Gasteiger charge is 2.37. The van der Waals surface area contributed by atoms with E-state index in [0.717, 1.165) is 23.8 Å². The highest BCUT2D eigenvalue weighted by atomic mass is 15.0. The Morgan fingerprint density at radius 1 is 1.17 bits per heavy atom. The van der Waals surface area contributed by atoms with Crippen LogP contribution in [0.15, 0.2) is 0 Å². The molecule has 1 heterocycles. The highest BCUT2D eigenvalue weighted by Crippen LogP contribution is 2.37. The summed E-state index contributed by atoms with van der Waals surface area (Å²) in [5.74, 6) is 2.86. The largest absolute Gasteiger partial charge is 0.313 e. The van der Waals surface area contributed by atoms with Gasteiger partial charge in [-0.25, -0.2) is 0 Å². The fraction of sp³-hybridized carbons (Fsp3) is 1.00. The Bertz CT molecular complexity index is 153. The van der Waals surface area contributed by atoms with Gasteiger partial charge in [0.1, 0.15) is 0 Å². The van der Waals surface area contributed by atoms with Crippen molar-refractivity contribution in [3.63, 3.8) is 0 Å². The molecule has 2 fully saturated rings. The Hall–Kier alpha value is -0.0400. The molecule has 2 rings (SSSR count). The van der Waals surface area contributed by atoms with Crippen LogP contribution in [-0.4, -0.2) is 12.6 Å². The zero-order valence-electron chi connectivity index (χ0n) is 8.34. The molecule has 0 aromatic heterocycles. The average molecular weight is 167 g/mol. The summed E-state index contributed by atoms with van der Waals surface area (Å²) in [5.41, 5.74) is 0. The first kappa shape index (κ1) is 8.55. The molecule has 1 saturated carbocycles. The predicted octanol–water partition coefficient (Wildman–Crippen LogP) is 2.42. The van der Waals surface area contributed by atoms with E-state index in [1.807, 2.05) is 0 Å². The van der Waals surface area contributed by atoms with Crippen LogP contribution in [0.25, 0.3) is 0 Å². The third kappa shape index (κ3) is 1.39. The van der Waals surface area contributed by atoms with Crippen molar-refractivity contribution in [3.05, 3.63) is 0 Å². The van der Waals surface area contributed by atoms with Gasteiger partial charge in [0.05, 0.1) is 0 Å². The maximum Gasteiger partial charge on any atom is 0.0126 e. The van der Waals surface area contributed by atoms with E-state index in [2.05, 4.69) is 19.2 Å². The fourth-order valence-corrected chi connectivity index (χ4v) is 3.15. The van der Waals surface area contributed by atoms with E-state index in [9.17, 15) is 0 Å². The Labute approximate surface area is 75.9 Å². The van der Waals surface area contributed by atoms with Crippen molar-refractivity contribution in [3.8, 4) is 0 Å². The first-order valence-corrected chi connectivity index (χ1v) is 5.52. The van der Waals surface area contributed by atoms with Crippen LogP contribution in [-0.2, 0) is 0 Å². The molecule has 0 aromatic carbocycles. The topological polar surface area (TPSA) is 12.0 Å². The van der Waals surface area contributed by atoms with Gasteiger partial charge in [0, 0.05) is 6.04 Å². The van der Waals surface area contributed by atoms with E-state index in [1.165, 1.54) is 32.2 Å². The summed E-state index contributed by atoms with van der Waals surface area (Å²) in [7, 11) is 0. The standard InChI is InChI=1S/C11H21N/c1-8(2)10-5-3-4-9-6-7-12-11(9)10/h8-12H,3-7H2,1-2H3. The molecule has 70 valence electrons. The average Bonchev–Trinajstić information content (AvgIpc) is 2.49. The van der Waals surface area contributed by atoms with Crippen molar-refractivity contribution < 1.29 is 0 Å². The van der Waals surface area contributed by atoms with Gasteiger partial charge in [0.15, 0.2) is 0 Å². The molecule has 0 aromatic rings. The summed E-state index contributed by atoms with van der Waals surface area (Å²) in [5, 5.41) is 3.69. The second-order valence-corrected chi connectivity index (χ2v) is 4.87. The smallest absolute Gasteiger partial charge is 0.0126 e. The van der Waals surface area contributed by atoms with Crippen molar-refractivity contribution in [2.24, 2.45) is 17.8 Å². The molecule has 1 aliphatic heterocycles. The number of rotatable bonds is 1. The summed E-state index contributed by atoms with van der Waals surface area (Å²) in [6, 6.07) is 0.874. The fourth-order valence-electron chi connectivity index (χ4n) is 3.15. The van der Waals surface area contributed by atoms with Gasteiger partial charge in [-0.15, -0.1) is 0 Å². The van der Waals surface area contributed by atoms with Crippen LogP contribution >= 0.6 is 0 Å². The van der Waals surface area contributed by atoms with Crippen LogP contribution in [0.5, 0.6) is 0 Å². The molecule has 1 saturated heterocycles. The van der Waals surface area contributed by atoms with Crippen molar-refractivity contribution in [2.75, 3.05) is 6.54 Å². The molecule has 1 aliphatic carbocycles. The van der Waals surface area contributed by atoms with Gasteiger partial charge < -0.3 is 5.32 Å². The number of fused-ring (bicyclic) bond motifs is 1. The molecule has 1 heteroatoms. The summed E-state index contributed by atoms with van der Waals surface area (Å²) in [6.07, 6.45) is 5.87. The van der Waals surface area contributed by atoms with E-state index < -0.39 is 0 Å². The van der Waals surface area contributed by atoms with E-state index in [-0.39, 0.29) is 0 Å². The second-order valence-electron chi connectivity index (χ2n) is 4.87. The van der Waals surface area contributed by atoms with Crippen LogP contribution in [0.4, 0.5) is 0 Å². The molecule has 0 radical (unpaired) electrons.